The molecule has 2 rings (SSSR count). The van der Waals surface area contributed by atoms with Gasteiger partial charge in [0.05, 0.1) is 0 Å². The largest absolute Gasteiger partial charge is 0.385 e. The van der Waals surface area contributed by atoms with E-state index in [1.807, 2.05) is 51.1 Å². The average Bonchev–Trinajstić information content (AvgIpc) is 2.82. The van der Waals surface area contributed by atoms with E-state index in [0.29, 0.717) is 5.69 Å². The van der Waals surface area contributed by atoms with Gasteiger partial charge < -0.3 is 14.9 Å². The summed E-state index contributed by atoms with van der Waals surface area (Å²) >= 11 is 0. The number of hydrogen-bond acceptors (Lipinski definition) is 4. The number of aromatic nitrogens is 1. The Bertz CT molecular complexity index is 625. The zero-order valence-electron chi connectivity index (χ0n) is 12.7. The second-order valence-corrected chi connectivity index (χ2v) is 6.02. The van der Waals surface area contributed by atoms with Crippen molar-refractivity contribution in [3.05, 3.63) is 41.7 Å². The molecule has 2 aromatic rings. The molecule has 0 saturated carbocycles. The van der Waals surface area contributed by atoms with E-state index in [9.17, 15) is 9.90 Å². The van der Waals surface area contributed by atoms with Crippen molar-refractivity contribution in [3.63, 3.8) is 0 Å². The topological polar surface area (TPSA) is 75.4 Å². The molecular weight excluding hydrogens is 268 g/mol. The molecule has 5 nitrogen and oxygen atoms in total. The van der Waals surface area contributed by atoms with Crippen molar-refractivity contribution in [1.29, 1.82) is 0 Å². The highest BCUT2D eigenvalue weighted by Crippen LogP contribution is 2.29. The highest BCUT2D eigenvalue weighted by molar-refractivity contribution is 6.01. The maximum absolute atomic E-state index is 12.5. The quantitative estimate of drug-likeness (QED) is 0.910. The Morgan fingerprint density at radius 3 is 2.43 bits per heavy atom. The molecule has 0 bridgehead atoms. The highest BCUT2D eigenvalue weighted by atomic mass is 16.5. The Labute approximate surface area is 124 Å². The minimum Gasteiger partial charge on any atom is -0.385 e. The first kappa shape index (κ1) is 15.3. The first-order valence-corrected chi connectivity index (χ1v) is 6.85. The summed E-state index contributed by atoms with van der Waals surface area (Å²) in [7, 11) is 0. The van der Waals surface area contributed by atoms with Gasteiger partial charge in [-0.2, -0.15) is 0 Å². The van der Waals surface area contributed by atoms with Crippen molar-refractivity contribution >= 4 is 5.91 Å². The Balaban J connectivity index is 2.51. The summed E-state index contributed by atoms with van der Waals surface area (Å²) in [5, 5.41) is 16.6. The normalized spacial score (nSPS) is 13.0. The molecule has 0 aliphatic carbocycles. The van der Waals surface area contributed by atoms with Crippen LogP contribution in [0.5, 0.6) is 0 Å². The van der Waals surface area contributed by atoms with Crippen LogP contribution in [0.3, 0.4) is 0 Å². The molecule has 21 heavy (non-hydrogen) atoms. The van der Waals surface area contributed by atoms with Crippen LogP contribution < -0.4 is 5.32 Å². The van der Waals surface area contributed by atoms with E-state index in [0.717, 1.165) is 5.56 Å². The van der Waals surface area contributed by atoms with E-state index >= 15 is 0 Å². The first-order valence-electron chi connectivity index (χ1n) is 6.85. The standard InChI is InChI=1S/C16H20N2O3/c1-10(19)14-12(15(20)17-16(2,3)4)13(18-21-14)11-8-6-5-7-9-11/h5-10,19H,1-4H3,(H,17,20)/t10-/m0/s1. The lowest BCUT2D eigenvalue weighted by molar-refractivity contribution is 0.0907. The highest BCUT2D eigenvalue weighted by Gasteiger charge is 2.28. The van der Waals surface area contributed by atoms with E-state index in [-0.39, 0.29) is 17.2 Å². The van der Waals surface area contributed by atoms with Crippen LogP contribution in [0.4, 0.5) is 0 Å². The maximum Gasteiger partial charge on any atom is 0.257 e. The minimum atomic E-state index is -0.907. The second kappa shape index (κ2) is 5.69. The smallest absolute Gasteiger partial charge is 0.257 e. The van der Waals surface area contributed by atoms with Crippen molar-refractivity contribution in [2.45, 2.75) is 39.3 Å². The third-order valence-corrected chi connectivity index (χ3v) is 2.86. The van der Waals surface area contributed by atoms with Crippen LogP contribution in [0, 0.1) is 0 Å². The van der Waals surface area contributed by atoms with Crippen LogP contribution in [0.1, 0.15) is 49.9 Å². The Kier molecular flexibility index (Phi) is 4.14. The number of benzene rings is 1. The van der Waals surface area contributed by atoms with Gasteiger partial charge in [0.1, 0.15) is 17.4 Å². The summed E-state index contributed by atoms with van der Waals surface area (Å²) < 4.78 is 5.19. The summed E-state index contributed by atoms with van der Waals surface area (Å²) in [5.74, 6) is -0.130. The lowest BCUT2D eigenvalue weighted by atomic mass is 10.0. The Hall–Kier alpha value is -2.14. The van der Waals surface area contributed by atoms with Crippen molar-refractivity contribution in [3.8, 4) is 11.3 Å². The minimum absolute atomic E-state index is 0.176. The number of carbonyl (C=O) groups is 1. The van der Waals surface area contributed by atoms with E-state index in [1.54, 1.807) is 6.92 Å². The van der Waals surface area contributed by atoms with E-state index in [4.69, 9.17) is 4.52 Å². The number of aliphatic hydroxyl groups excluding tert-OH is 1. The summed E-state index contributed by atoms with van der Waals surface area (Å²) in [6.45, 7) is 7.22. The lowest BCUT2D eigenvalue weighted by Crippen LogP contribution is -2.41. The van der Waals surface area contributed by atoms with Gasteiger partial charge in [0.25, 0.3) is 5.91 Å². The zero-order chi connectivity index (χ0) is 15.6. The molecule has 0 aliphatic rings. The maximum atomic E-state index is 12.5. The van der Waals surface area contributed by atoms with Crippen molar-refractivity contribution < 1.29 is 14.4 Å². The number of nitrogens with zero attached hydrogens (tertiary/aromatic N) is 1. The van der Waals surface area contributed by atoms with Gasteiger partial charge in [-0.3, -0.25) is 4.79 Å². The first-order chi connectivity index (χ1) is 9.79. The Morgan fingerprint density at radius 2 is 1.90 bits per heavy atom. The number of carbonyl (C=O) groups excluding carboxylic acids is 1. The predicted octanol–water partition coefficient (Wildman–Crippen LogP) is 2.92. The van der Waals surface area contributed by atoms with Crippen molar-refractivity contribution in [1.82, 2.24) is 10.5 Å². The van der Waals surface area contributed by atoms with Crippen LogP contribution in [0.25, 0.3) is 11.3 Å². The average molecular weight is 288 g/mol. The van der Waals surface area contributed by atoms with Gasteiger partial charge >= 0.3 is 0 Å². The second-order valence-electron chi connectivity index (χ2n) is 6.02. The number of amides is 1. The monoisotopic (exact) mass is 288 g/mol. The molecule has 0 radical (unpaired) electrons. The molecule has 1 amide bonds. The number of nitrogens with one attached hydrogen (secondary N) is 1. The van der Waals surface area contributed by atoms with Gasteiger partial charge in [0.15, 0.2) is 5.76 Å². The van der Waals surface area contributed by atoms with Crippen molar-refractivity contribution in [2.75, 3.05) is 0 Å². The molecular formula is C16H20N2O3. The van der Waals surface area contributed by atoms with Crippen LogP contribution in [-0.2, 0) is 0 Å². The van der Waals surface area contributed by atoms with Gasteiger partial charge in [-0.1, -0.05) is 35.5 Å². The number of aliphatic hydroxyl groups is 1. The molecule has 2 N–H and O–H groups in total. The summed E-state index contributed by atoms with van der Waals surface area (Å²) in [6.07, 6.45) is -0.907. The SMILES string of the molecule is C[C@H](O)c1onc(-c2ccccc2)c1C(=O)NC(C)(C)C. The molecule has 0 saturated heterocycles. The Morgan fingerprint density at radius 1 is 1.29 bits per heavy atom. The fraction of sp³-hybridized carbons (Fsp3) is 0.375. The van der Waals surface area contributed by atoms with Crippen LogP contribution in [0.2, 0.25) is 0 Å². The molecule has 0 spiro atoms. The third kappa shape index (κ3) is 3.49. The molecule has 1 heterocycles. The predicted molar refractivity (Wildman–Crippen MR) is 79.8 cm³/mol. The van der Waals surface area contributed by atoms with Gasteiger partial charge in [0.2, 0.25) is 0 Å². The summed E-state index contributed by atoms with van der Waals surface area (Å²) in [6, 6.07) is 9.29. The van der Waals surface area contributed by atoms with Crippen LogP contribution in [-0.4, -0.2) is 21.7 Å². The molecule has 112 valence electrons. The summed E-state index contributed by atoms with van der Waals surface area (Å²) in [5.41, 5.74) is 1.10. The van der Waals surface area contributed by atoms with Gasteiger partial charge in [0, 0.05) is 11.1 Å². The van der Waals surface area contributed by atoms with Gasteiger partial charge in [-0.15, -0.1) is 0 Å². The molecule has 0 aliphatic heterocycles. The summed E-state index contributed by atoms with van der Waals surface area (Å²) in [4.78, 5) is 12.5. The fourth-order valence-corrected chi connectivity index (χ4v) is 2.00. The van der Waals surface area contributed by atoms with Crippen LogP contribution in [0.15, 0.2) is 34.9 Å². The fourth-order valence-electron chi connectivity index (χ4n) is 2.00. The van der Waals surface area contributed by atoms with Gasteiger partial charge in [-0.25, -0.2) is 0 Å². The third-order valence-electron chi connectivity index (χ3n) is 2.86. The number of hydrogen-bond donors (Lipinski definition) is 2. The molecule has 1 aromatic heterocycles. The molecule has 0 fully saturated rings. The molecule has 5 heteroatoms. The number of rotatable bonds is 3. The van der Waals surface area contributed by atoms with Crippen molar-refractivity contribution in [2.24, 2.45) is 0 Å². The molecule has 0 unspecified atom stereocenters. The molecule has 1 aromatic carbocycles. The van der Waals surface area contributed by atoms with Gasteiger partial charge in [-0.05, 0) is 27.7 Å². The lowest BCUT2D eigenvalue weighted by Gasteiger charge is -2.20. The van der Waals surface area contributed by atoms with E-state index in [2.05, 4.69) is 10.5 Å². The zero-order valence-corrected chi connectivity index (χ0v) is 12.7. The van der Waals surface area contributed by atoms with E-state index in [1.165, 1.54) is 0 Å². The van der Waals surface area contributed by atoms with E-state index < -0.39 is 11.6 Å². The molecule has 1 atom stereocenters. The van der Waals surface area contributed by atoms with Crippen LogP contribution >= 0.6 is 0 Å².